The number of methoxy groups -OCH3 is 3. The van der Waals surface area contributed by atoms with Crippen molar-refractivity contribution in [3.63, 3.8) is 0 Å². The van der Waals surface area contributed by atoms with Crippen LogP contribution in [0.2, 0.25) is 0 Å². The highest BCUT2D eigenvalue weighted by molar-refractivity contribution is 5.83. The Morgan fingerprint density at radius 3 is 2.54 bits per heavy atom. The molecular formula is C31H36N4O6. The maximum absolute atomic E-state index is 13.4. The summed E-state index contributed by atoms with van der Waals surface area (Å²) in [4.78, 5) is 41.8. The number of amides is 2. The number of hydrogen-bond acceptors (Lipinski definition) is 8. The van der Waals surface area contributed by atoms with Crippen molar-refractivity contribution in [3.05, 3.63) is 75.7 Å². The van der Waals surface area contributed by atoms with E-state index in [-0.39, 0.29) is 23.3 Å². The molecule has 10 nitrogen and oxygen atoms in total. The number of fused-ring (bicyclic) bond motifs is 3. The number of ether oxygens (including phenoxy) is 3. The molecule has 0 spiro atoms. The first-order valence-corrected chi connectivity index (χ1v) is 13.5. The third-order valence-electron chi connectivity index (χ3n) is 7.02. The van der Waals surface area contributed by atoms with Crippen LogP contribution >= 0.6 is 0 Å². The summed E-state index contributed by atoms with van der Waals surface area (Å²) in [5.41, 5.74) is 4.31. The van der Waals surface area contributed by atoms with E-state index in [0.29, 0.717) is 67.3 Å². The van der Waals surface area contributed by atoms with Gasteiger partial charge in [-0.1, -0.05) is 12.1 Å². The number of aryl methyl sites for hydroxylation is 1. The first kappa shape index (κ1) is 29.4. The molecule has 1 aliphatic rings. The summed E-state index contributed by atoms with van der Waals surface area (Å²) in [5, 5.41) is 9.07. The number of pyridine rings is 1. The molecule has 0 fully saturated rings. The van der Waals surface area contributed by atoms with Crippen molar-refractivity contribution < 1.29 is 23.8 Å². The van der Waals surface area contributed by atoms with Gasteiger partial charge in [-0.15, -0.1) is 0 Å². The molecule has 1 aromatic heterocycles. The summed E-state index contributed by atoms with van der Waals surface area (Å²) in [6, 6.07) is 10.4. The summed E-state index contributed by atoms with van der Waals surface area (Å²) >= 11 is 0. The van der Waals surface area contributed by atoms with Gasteiger partial charge in [0.2, 0.25) is 23.0 Å². The minimum Gasteiger partial charge on any atom is -0.493 e. The van der Waals surface area contributed by atoms with Gasteiger partial charge in [0.1, 0.15) is 0 Å². The number of nitrogens with one attached hydrogen (secondary N) is 3. The maximum Gasteiger partial charge on any atom is 0.220 e. The Bertz CT molecular complexity index is 1460. The molecule has 0 saturated carbocycles. The summed E-state index contributed by atoms with van der Waals surface area (Å²) < 4.78 is 17.0. The van der Waals surface area contributed by atoms with Crippen molar-refractivity contribution in [1.82, 2.24) is 15.6 Å². The SMILES string of the molecule is COc1cc2c(c(OC)c1OC)-c1ccc(NCCCC(=O)NCc3cccnc3)c(=O)cc1[C@@H](NC(C)=O)CC2. The molecule has 0 aliphatic heterocycles. The number of aromatic nitrogens is 1. The van der Waals surface area contributed by atoms with Crippen LogP contribution in [0, 0.1) is 0 Å². The Morgan fingerprint density at radius 1 is 1.05 bits per heavy atom. The minimum atomic E-state index is -0.381. The number of hydrogen-bond donors (Lipinski definition) is 3. The zero-order chi connectivity index (χ0) is 29.4. The largest absolute Gasteiger partial charge is 0.493 e. The number of rotatable bonds is 11. The summed E-state index contributed by atoms with van der Waals surface area (Å²) in [5.74, 6) is 1.23. The Labute approximate surface area is 239 Å². The average molecular weight is 561 g/mol. The van der Waals surface area contributed by atoms with Gasteiger partial charge in [0, 0.05) is 44.4 Å². The Kier molecular flexibility index (Phi) is 9.78. The molecular weight excluding hydrogens is 524 g/mol. The van der Waals surface area contributed by atoms with Gasteiger partial charge in [0.05, 0.1) is 33.1 Å². The lowest BCUT2D eigenvalue weighted by Crippen LogP contribution is -2.26. The second-order valence-electron chi connectivity index (χ2n) is 9.76. The highest BCUT2D eigenvalue weighted by Crippen LogP contribution is 2.50. The van der Waals surface area contributed by atoms with E-state index < -0.39 is 0 Å². The highest BCUT2D eigenvalue weighted by atomic mass is 16.5. The molecule has 1 atom stereocenters. The summed E-state index contributed by atoms with van der Waals surface area (Å²) in [6.07, 6.45) is 5.46. The van der Waals surface area contributed by atoms with Crippen LogP contribution in [0.5, 0.6) is 17.2 Å². The number of anilines is 1. The van der Waals surface area contributed by atoms with Gasteiger partial charge in [-0.25, -0.2) is 0 Å². The zero-order valence-electron chi connectivity index (χ0n) is 23.8. The van der Waals surface area contributed by atoms with E-state index in [2.05, 4.69) is 20.9 Å². The van der Waals surface area contributed by atoms with Crippen LogP contribution < -0.4 is 35.6 Å². The van der Waals surface area contributed by atoms with Crippen LogP contribution in [0.3, 0.4) is 0 Å². The molecule has 0 bridgehead atoms. The fourth-order valence-electron chi connectivity index (χ4n) is 5.12. The van der Waals surface area contributed by atoms with E-state index in [1.54, 1.807) is 45.9 Å². The van der Waals surface area contributed by atoms with Gasteiger partial charge in [-0.3, -0.25) is 19.4 Å². The van der Waals surface area contributed by atoms with Gasteiger partial charge in [0.15, 0.2) is 11.5 Å². The van der Waals surface area contributed by atoms with Crippen LogP contribution in [-0.2, 0) is 22.6 Å². The van der Waals surface area contributed by atoms with Gasteiger partial charge in [-0.05, 0) is 65.8 Å². The predicted octanol–water partition coefficient (Wildman–Crippen LogP) is 3.77. The van der Waals surface area contributed by atoms with E-state index in [9.17, 15) is 14.4 Å². The van der Waals surface area contributed by atoms with Crippen molar-refractivity contribution in [3.8, 4) is 28.4 Å². The lowest BCUT2D eigenvalue weighted by molar-refractivity contribution is -0.121. The lowest BCUT2D eigenvalue weighted by atomic mass is 9.95. The van der Waals surface area contributed by atoms with Crippen LogP contribution in [0.4, 0.5) is 5.69 Å². The van der Waals surface area contributed by atoms with Crippen LogP contribution in [0.1, 0.15) is 48.9 Å². The quantitative estimate of drug-likeness (QED) is 0.303. The molecule has 216 valence electrons. The molecule has 0 unspecified atom stereocenters. The standard InChI is InChI=1S/C31H36N4O6/c1-19(36)35-24-11-9-21-15-27(39-2)30(40-3)31(41-4)29(21)22-10-12-25(26(37)16-23(22)24)33-14-6-8-28(38)34-18-20-7-5-13-32-17-20/h5,7,10,12-13,15-17,24H,6,8-9,11,14,18H2,1-4H3,(H,33,37)(H,34,38)(H,35,36)/t24-/m0/s1. The van der Waals surface area contributed by atoms with Gasteiger partial charge >= 0.3 is 0 Å². The molecule has 2 amide bonds. The Hall–Kier alpha value is -4.60. The second kappa shape index (κ2) is 13.6. The molecule has 2 aromatic carbocycles. The fourth-order valence-corrected chi connectivity index (χ4v) is 5.12. The zero-order valence-corrected chi connectivity index (χ0v) is 23.8. The Balaban J connectivity index is 1.60. The van der Waals surface area contributed by atoms with Crippen molar-refractivity contribution >= 4 is 17.5 Å². The third-order valence-corrected chi connectivity index (χ3v) is 7.02. The third kappa shape index (κ3) is 6.95. The number of nitrogens with zero attached hydrogens (tertiary/aromatic N) is 1. The van der Waals surface area contributed by atoms with Crippen molar-refractivity contribution in [2.45, 2.75) is 45.2 Å². The van der Waals surface area contributed by atoms with Crippen molar-refractivity contribution in [2.75, 3.05) is 33.2 Å². The van der Waals surface area contributed by atoms with Crippen LogP contribution in [0.15, 0.2) is 53.6 Å². The average Bonchev–Trinajstić information content (AvgIpc) is 3.22. The van der Waals surface area contributed by atoms with Crippen LogP contribution in [-0.4, -0.2) is 44.7 Å². The number of benzene rings is 1. The monoisotopic (exact) mass is 560 g/mol. The van der Waals surface area contributed by atoms with Crippen molar-refractivity contribution in [1.29, 1.82) is 0 Å². The minimum absolute atomic E-state index is 0.0745. The summed E-state index contributed by atoms with van der Waals surface area (Å²) in [6.45, 7) is 2.32. The molecule has 4 rings (SSSR count). The van der Waals surface area contributed by atoms with Crippen LogP contribution in [0.25, 0.3) is 11.1 Å². The molecule has 3 aromatic rings. The maximum atomic E-state index is 13.4. The van der Waals surface area contributed by atoms with E-state index >= 15 is 0 Å². The first-order chi connectivity index (χ1) is 19.9. The molecule has 0 radical (unpaired) electrons. The first-order valence-electron chi connectivity index (χ1n) is 13.5. The van der Waals surface area contributed by atoms with E-state index in [1.807, 2.05) is 24.3 Å². The second-order valence-corrected chi connectivity index (χ2v) is 9.76. The summed E-state index contributed by atoms with van der Waals surface area (Å²) in [7, 11) is 4.68. The smallest absolute Gasteiger partial charge is 0.220 e. The number of carbonyl (C=O) groups is 2. The molecule has 10 heteroatoms. The highest BCUT2D eigenvalue weighted by Gasteiger charge is 2.29. The van der Waals surface area contributed by atoms with E-state index in [0.717, 1.165) is 22.3 Å². The molecule has 3 N–H and O–H groups in total. The fraction of sp³-hybridized carbons (Fsp3) is 0.355. The normalized spacial score (nSPS) is 13.6. The lowest BCUT2D eigenvalue weighted by Gasteiger charge is -2.19. The predicted molar refractivity (Wildman–Crippen MR) is 156 cm³/mol. The molecule has 1 heterocycles. The molecule has 1 aliphatic carbocycles. The van der Waals surface area contributed by atoms with Gasteiger partial charge in [-0.2, -0.15) is 0 Å². The Morgan fingerprint density at radius 2 is 1.85 bits per heavy atom. The van der Waals surface area contributed by atoms with Gasteiger partial charge in [0.25, 0.3) is 0 Å². The van der Waals surface area contributed by atoms with E-state index in [4.69, 9.17) is 14.2 Å². The van der Waals surface area contributed by atoms with Crippen molar-refractivity contribution in [2.24, 2.45) is 0 Å². The topological polar surface area (TPSA) is 128 Å². The van der Waals surface area contributed by atoms with Gasteiger partial charge < -0.3 is 30.2 Å². The van der Waals surface area contributed by atoms with E-state index in [1.165, 1.54) is 6.92 Å². The number of carbonyl (C=O) groups excluding carboxylic acids is 2. The molecule has 0 saturated heterocycles. The molecule has 41 heavy (non-hydrogen) atoms.